The molecule has 0 aliphatic carbocycles. The molecule has 0 aromatic heterocycles. The Morgan fingerprint density at radius 2 is 2.06 bits per heavy atom. The molecule has 1 unspecified atom stereocenters. The standard InChI is InChI=1S/C14H23N3/c1-3-13-11-17(9-8-16(13)2)10-12-6-4-5-7-14(12)15/h4-7,13H,3,8-11,15H2,1-2H3. The third-order valence-corrected chi connectivity index (χ3v) is 3.78. The molecule has 17 heavy (non-hydrogen) atoms. The SMILES string of the molecule is CCC1CN(Cc2ccccc2N)CCN1C. The minimum Gasteiger partial charge on any atom is -0.398 e. The number of piperazine rings is 1. The second-order valence-corrected chi connectivity index (χ2v) is 4.98. The Hall–Kier alpha value is -1.06. The normalized spacial score (nSPS) is 22.8. The fraction of sp³-hybridized carbons (Fsp3) is 0.571. The molecule has 0 saturated carbocycles. The van der Waals surface area contributed by atoms with Crippen LogP contribution in [0.3, 0.4) is 0 Å². The zero-order valence-corrected chi connectivity index (χ0v) is 10.9. The van der Waals surface area contributed by atoms with Crippen molar-refractivity contribution in [2.45, 2.75) is 25.9 Å². The summed E-state index contributed by atoms with van der Waals surface area (Å²) in [5, 5.41) is 0. The van der Waals surface area contributed by atoms with Gasteiger partial charge in [0.05, 0.1) is 0 Å². The van der Waals surface area contributed by atoms with Crippen LogP contribution in [0.15, 0.2) is 24.3 Å². The maximum absolute atomic E-state index is 6.00. The minimum absolute atomic E-state index is 0.689. The number of benzene rings is 1. The number of nitrogens with zero attached hydrogens (tertiary/aromatic N) is 2. The van der Waals surface area contributed by atoms with E-state index in [-0.39, 0.29) is 0 Å². The van der Waals surface area contributed by atoms with Crippen molar-refractivity contribution in [1.82, 2.24) is 9.80 Å². The van der Waals surface area contributed by atoms with E-state index in [9.17, 15) is 0 Å². The molecule has 0 spiro atoms. The van der Waals surface area contributed by atoms with Crippen LogP contribution in [0.5, 0.6) is 0 Å². The first-order chi connectivity index (χ1) is 8.20. The van der Waals surface area contributed by atoms with Gasteiger partial charge in [0.1, 0.15) is 0 Å². The number of hydrogen-bond donors (Lipinski definition) is 1. The number of para-hydroxylation sites is 1. The summed E-state index contributed by atoms with van der Waals surface area (Å²) in [6.45, 7) is 6.70. The van der Waals surface area contributed by atoms with Gasteiger partial charge in [-0.1, -0.05) is 25.1 Å². The molecule has 1 heterocycles. The van der Waals surface area contributed by atoms with E-state index in [4.69, 9.17) is 5.73 Å². The van der Waals surface area contributed by atoms with Gasteiger partial charge < -0.3 is 10.6 Å². The lowest BCUT2D eigenvalue weighted by molar-refractivity contribution is 0.0885. The van der Waals surface area contributed by atoms with E-state index < -0.39 is 0 Å². The smallest absolute Gasteiger partial charge is 0.0359 e. The van der Waals surface area contributed by atoms with E-state index in [1.54, 1.807) is 0 Å². The molecule has 2 rings (SSSR count). The molecule has 3 nitrogen and oxygen atoms in total. The van der Waals surface area contributed by atoms with E-state index in [2.05, 4.69) is 35.9 Å². The summed E-state index contributed by atoms with van der Waals surface area (Å²) in [6, 6.07) is 8.88. The van der Waals surface area contributed by atoms with Crippen molar-refractivity contribution in [1.29, 1.82) is 0 Å². The van der Waals surface area contributed by atoms with Crippen LogP contribution in [0.2, 0.25) is 0 Å². The Morgan fingerprint density at radius 3 is 2.76 bits per heavy atom. The second-order valence-electron chi connectivity index (χ2n) is 4.98. The highest BCUT2D eigenvalue weighted by molar-refractivity contribution is 5.46. The fourth-order valence-electron chi connectivity index (χ4n) is 2.51. The predicted molar refractivity (Wildman–Crippen MR) is 72.8 cm³/mol. The van der Waals surface area contributed by atoms with Crippen LogP contribution in [0.1, 0.15) is 18.9 Å². The zero-order chi connectivity index (χ0) is 12.3. The first-order valence-corrected chi connectivity index (χ1v) is 6.46. The quantitative estimate of drug-likeness (QED) is 0.808. The Bertz CT molecular complexity index is 364. The van der Waals surface area contributed by atoms with Crippen LogP contribution in [0.4, 0.5) is 5.69 Å². The van der Waals surface area contributed by atoms with Gasteiger partial charge in [-0.15, -0.1) is 0 Å². The van der Waals surface area contributed by atoms with Crippen molar-refractivity contribution >= 4 is 5.69 Å². The minimum atomic E-state index is 0.689. The van der Waals surface area contributed by atoms with E-state index >= 15 is 0 Å². The largest absolute Gasteiger partial charge is 0.398 e. The van der Waals surface area contributed by atoms with Crippen molar-refractivity contribution in [3.8, 4) is 0 Å². The maximum Gasteiger partial charge on any atom is 0.0359 e. The molecule has 2 N–H and O–H groups in total. The molecule has 1 atom stereocenters. The molecule has 1 aromatic rings. The Balaban J connectivity index is 1.98. The summed E-state index contributed by atoms with van der Waals surface area (Å²) in [7, 11) is 2.22. The van der Waals surface area contributed by atoms with Gasteiger partial charge >= 0.3 is 0 Å². The van der Waals surface area contributed by atoms with E-state index in [0.29, 0.717) is 6.04 Å². The summed E-state index contributed by atoms with van der Waals surface area (Å²) >= 11 is 0. The molecule has 1 aliphatic rings. The highest BCUT2D eigenvalue weighted by Crippen LogP contribution is 2.17. The molecular formula is C14H23N3. The van der Waals surface area contributed by atoms with Crippen LogP contribution in [-0.4, -0.2) is 42.5 Å². The highest BCUT2D eigenvalue weighted by atomic mass is 15.3. The van der Waals surface area contributed by atoms with Crippen molar-refractivity contribution in [2.75, 3.05) is 32.4 Å². The van der Waals surface area contributed by atoms with E-state index in [0.717, 1.165) is 31.9 Å². The lowest BCUT2D eigenvalue weighted by atomic mass is 10.1. The number of nitrogen functional groups attached to an aromatic ring is 1. The van der Waals surface area contributed by atoms with Crippen LogP contribution in [0.25, 0.3) is 0 Å². The van der Waals surface area contributed by atoms with Gasteiger partial charge in [0.2, 0.25) is 0 Å². The molecule has 0 amide bonds. The van der Waals surface area contributed by atoms with Gasteiger partial charge in [0, 0.05) is 37.9 Å². The molecule has 1 aliphatic heterocycles. The van der Waals surface area contributed by atoms with Gasteiger partial charge in [-0.2, -0.15) is 0 Å². The maximum atomic E-state index is 6.00. The first-order valence-electron chi connectivity index (χ1n) is 6.46. The molecular weight excluding hydrogens is 210 g/mol. The van der Waals surface area contributed by atoms with Crippen LogP contribution < -0.4 is 5.73 Å². The van der Waals surface area contributed by atoms with Gasteiger partial charge in [0.25, 0.3) is 0 Å². The molecule has 3 heteroatoms. The van der Waals surface area contributed by atoms with E-state index in [1.165, 1.54) is 12.0 Å². The average Bonchev–Trinajstić information content (AvgIpc) is 2.34. The first kappa shape index (κ1) is 12.4. The second kappa shape index (κ2) is 5.52. The molecule has 1 saturated heterocycles. The fourth-order valence-corrected chi connectivity index (χ4v) is 2.51. The summed E-state index contributed by atoms with van der Waals surface area (Å²) in [6.07, 6.45) is 1.22. The summed E-state index contributed by atoms with van der Waals surface area (Å²) < 4.78 is 0. The monoisotopic (exact) mass is 233 g/mol. The molecule has 1 fully saturated rings. The molecule has 94 valence electrons. The van der Waals surface area contributed by atoms with Crippen molar-refractivity contribution in [2.24, 2.45) is 0 Å². The van der Waals surface area contributed by atoms with Crippen molar-refractivity contribution in [3.63, 3.8) is 0 Å². The summed E-state index contributed by atoms with van der Waals surface area (Å²) in [5.41, 5.74) is 8.17. The van der Waals surface area contributed by atoms with Crippen LogP contribution in [-0.2, 0) is 6.54 Å². The summed E-state index contributed by atoms with van der Waals surface area (Å²) in [5.74, 6) is 0. The van der Waals surface area contributed by atoms with Gasteiger partial charge in [-0.3, -0.25) is 4.90 Å². The number of anilines is 1. The topological polar surface area (TPSA) is 32.5 Å². The Morgan fingerprint density at radius 1 is 1.29 bits per heavy atom. The van der Waals surface area contributed by atoms with Crippen LogP contribution >= 0.6 is 0 Å². The van der Waals surface area contributed by atoms with E-state index in [1.807, 2.05) is 12.1 Å². The molecule has 0 bridgehead atoms. The Kier molecular flexibility index (Phi) is 4.02. The van der Waals surface area contributed by atoms with Gasteiger partial charge in [-0.05, 0) is 25.1 Å². The predicted octanol–water partition coefficient (Wildman–Crippen LogP) is 1.79. The number of rotatable bonds is 3. The van der Waals surface area contributed by atoms with Crippen molar-refractivity contribution < 1.29 is 0 Å². The zero-order valence-electron chi connectivity index (χ0n) is 10.9. The third kappa shape index (κ3) is 2.99. The summed E-state index contributed by atoms with van der Waals surface area (Å²) in [4.78, 5) is 4.98. The average molecular weight is 233 g/mol. The van der Waals surface area contributed by atoms with Crippen LogP contribution in [0, 0.1) is 0 Å². The lowest BCUT2D eigenvalue weighted by Gasteiger charge is -2.39. The number of hydrogen-bond acceptors (Lipinski definition) is 3. The molecule has 1 aromatic carbocycles. The Labute approximate surface area is 104 Å². The number of likely N-dealkylation sites (N-methyl/N-ethyl adjacent to an activating group) is 1. The van der Waals surface area contributed by atoms with Gasteiger partial charge in [-0.25, -0.2) is 0 Å². The van der Waals surface area contributed by atoms with Gasteiger partial charge in [0.15, 0.2) is 0 Å². The highest BCUT2D eigenvalue weighted by Gasteiger charge is 2.22. The lowest BCUT2D eigenvalue weighted by Crippen LogP contribution is -2.50. The molecule has 0 radical (unpaired) electrons. The third-order valence-electron chi connectivity index (χ3n) is 3.78. The number of nitrogens with two attached hydrogens (primary N) is 1. The van der Waals surface area contributed by atoms with Crippen molar-refractivity contribution in [3.05, 3.63) is 29.8 Å².